The van der Waals surface area contributed by atoms with Gasteiger partial charge in [-0.25, -0.2) is 0 Å². The van der Waals surface area contributed by atoms with Crippen LogP contribution in [0.2, 0.25) is 5.02 Å². The Balaban J connectivity index is 0.00000320. The molecule has 1 aromatic carbocycles. The third kappa shape index (κ3) is 7.28. The average Bonchev–Trinajstić information content (AvgIpc) is 3.25. The van der Waals surface area contributed by atoms with Gasteiger partial charge >= 0.3 is 0 Å². The fourth-order valence-corrected chi connectivity index (χ4v) is 3.11. The maximum Gasteiger partial charge on any atom is 0.191 e. The largest absolute Gasteiger partial charge is 0.357 e. The van der Waals surface area contributed by atoms with E-state index in [1.807, 2.05) is 60.4 Å². The lowest BCUT2D eigenvalue weighted by Crippen LogP contribution is -2.38. The van der Waals surface area contributed by atoms with Crippen molar-refractivity contribution in [1.82, 2.24) is 25.4 Å². The highest BCUT2D eigenvalue weighted by atomic mass is 127. The number of hydrogen-bond donors (Lipinski definition) is 2. The molecular weight excluding hydrogens is 511 g/mol. The average molecular weight is 539 g/mol. The Morgan fingerprint density at radius 3 is 2.60 bits per heavy atom. The molecule has 3 aromatic rings. The van der Waals surface area contributed by atoms with E-state index in [1.165, 1.54) is 5.56 Å². The van der Waals surface area contributed by atoms with Gasteiger partial charge in [-0.05, 0) is 55.7 Å². The molecule has 0 aliphatic carbocycles. The van der Waals surface area contributed by atoms with Gasteiger partial charge in [-0.15, -0.1) is 24.0 Å². The number of aliphatic imine (C=N–C) groups is 1. The molecule has 2 N–H and O–H groups in total. The van der Waals surface area contributed by atoms with Gasteiger partial charge in [-0.2, -0.15) is 5.10 Å². The van der Waals surface area contributed by atoms with E-state index in [-0.39, 0.29) is 30.0 Å². The van der Waals surface area contributed by atoms with Crippen molar-refractivity contribution in [3.8, 4) is 0 Å². The molecular formula is C22H28ClIN6. The Morgan fingerprint density at radius 1 is 1.17 bits per heavy atom. The normalized spacial score (nSPS) is 12.2. The third-order valence-corrected chi connectivity index (χ3v) is 4.80. The minimum absolute atomic E-state index is 0. The predicted molar refractivity (Wildman–Crippen MR) is 134 cm³/mol. The Kier molecular flexibility index (Phi) is 10.1. The van der Waals surface area contributed by atoms with E-state index in [1.54, 1.807) is 6.20 Å². The number of benzene rings is 1. The van der Waals surface area contributed by atoms with Crippen LogP contribution in [-0.2, 0) is 6.42 Å². The molecule has 0 saturated heterocycles. The van der Waals surface area contributed by atoms with Gasteiger partial charge in [0.1, 0.15) is 0 Å². The lowest BCUT2D eigenvalue weighted by Gasteiger charge is -2.18. The quantitative estimate of drug-likeness (QED) is 0.256. The highest BCUT2D eigenvalue weighted by molar-refractivity contribution is 14.0. The standard InChI is InChI=1S/C22H27ClN6.HI/c1-3-24-22(25-13-11-18-6-5-17(2)26-15-18)27-16-21(29-14-4-12-28-29)19-7-9-20(23)10-8-19;/h4-10,12,14-15,21H,3,11,13,16H2,1-2H3,(H2,24,25,27);1H. The number of halogens is 2. The molecule has 8 heteroatoms. The number of aromatic nitrogens is 3. The molecule has 0 aliphatic heterocycles. The van der Waals surface area contributed by atoms with Crippen molar-refractivity contribution in [1.29, 1.82) is 0 Å². The van der Waals surface area contributed by atoms with E-state index in [0.717, 1.165) is 41.7 Å². The summed E-state index contributed by atoms with van der Waals surface area (Å²) in [7, 11) is 0. The molecule has 0 radical (unpaired) electrons. The number of aryl methyl sites for hydroxylation is 1. The smallest absolute Gasteiger partial charge is 0.191 e. The number of nitrogens with zero attached hydrogens (tertiary/aromatic N) is 4. The number of nitrogens with one attached hydrogen (secondary N) is 2. The number of hydrogen-bond acceptors (Lipinski definition) is 3. The molecule has 2 aromatic heterocycles. The van der Waals surface area contributed by atoms with Crippen molar-refractivity contribution in [3.63, 3.8) is 0 Å². The molecule has 0 aliphatic rings. The first-order chi connectivity index (χ1) is 14.2. The molecule has 3 rings (SSSR count). The highest BCUT2D eigenvalue weighted by Crippen LogP contribution is 2.20. The van der Waals surface area contributed by atoms with Crippen molar-refractivity contribution in [2.45, 2.75) is 26.3 Å². The molecule has 0 spiro atoms. The second-order valence-electron chi connectivity index (χ2n) is 6.76. The predicted octanol–water partition coefficient (Wildman–Crippen LogP) is 4.25. The van der Waals surface area contributed by atoms with Gasteiger partial charge in [0.05, 0.1) is 12.6 Å². The first-order valence-electron chi connectivity index (χ1n) is 9.84. The highest BCUT2D eigenvalue weighted by Gasteiger charge is 2.14. The van der Waals surface area contributed by atoms with Crippen LogP contribution in [0.25, 0.3) is 0 Å². The van der Waals surface area contributed by atoms with Crippen LogP contribution in [0.15, 0.2) is 66.0 Å². The monoisotopic (exact) mass is 538 g/mol. The van der Waals surface area contributed by atoms with Gasteiger partial charge in [0.15, 0.2) is 5.96 Å². The van der Waals surface area contributed by atoms with Crippen LogP contribution < -0.4 is 10.6 Å². The molecule has 0 amide bonds. The Bertz CT molecular complexity index is 894. The van der Waals surface area contributed by atoms with Gasteiger partial charge in [0, 0.05) is 42.4 Å². The maximum absolute atomic E-state index is 6.05. The lowest BCUT2D eigenvalue weighted by atomic mass is 10.1. The van der Waals surface area contributed by atoms with Gasteiger partial charge in [0.25, 0.3) is 0 Å². The summed E-state index contributed by atoms with van der Waals surface area (Å²) in [5.74, 6) is 0.790. The summed E-state index contributed by atoms with van der Waals surface area (Å²) in [4.78, 5) is 9.15. The summed E-state index contributed by atoms with van der Waals surface area (Å²) in [6.45, 7) is 6.19. The molecule has 30 heavy (non-hydrogen) atoms. The van der Waals surface area contributed by atoms with E-state index in [2.05, 4.69) is 33.7 Å². The summed E-state index contributed by atoms with van der Waals surface area (Å²) in [6, 6.07) is 13.9. The van der Waals surface area contributed by atoms with Crippen LogP contribution in [-0.4, -0.2) is 40.4 Å². The molecule has 1 atom stereocenters. The first-order valence-corrected chi connectivity index (χ1v) is 10.2. The van der Waals surface area contributed by atoms with E-state index in [0.29, 0.717) is 6.54 Å². The van der Waals surface area contributed by atoms with Crippen LogP contribution >= 0.6 is 35.6 Å². The summed E-state index contributed by atoms with van der Waals surface area (Å²) in [5, 5.41) is 11.9. The van der Waals surface area contributed by atoms with Crippen molar-refractivity contribution >= 4 is 41.5 Å². The van der Waals surface area contributed by atoms with Gasteiger partial charge < -0.3 is 10.6 Å². The second-order valence-corrected chi connectivity index (χ2v) is 7.19. The molecule has 1 unspecified atom stereocenters. The number of guanidine groups is 1. The summed E-state index contributed by atoms with van der Waals surface area (Å²) in [6.07, 6.45) is 6.55. The number of rotatable bonds is 8. The Labute approximate surface area is 200 Å². The molecule has 0 bridgehead atoms. The van der Waals surface area contributed by atoms with Crippen molar-refractivity contribution in [2.24, 2.45) is 4.99 Å². The van der Waals surface area contributed by atoms with Crippen LogP contribution in [0.5, 0.6) is 0 Å². The van der Waals surface area contributed by atoms with Crippen molar-refractivity contribution < 1.29 is 0 Å². The zero-order valence-electron chi connectivity index (χ0n) is 17.3. The van der Waals surface area contributed by atoms with Crippen LogP contribution in [0.3, 0.4) is 0 Å². The van der Waals surface area contributed by atoms with Crippen molar-refractivity contribution in [3.05, 3.63) is 82.9 Å². The maximum atomic E-state index is 6.05. The van der Waals surface area contributed by atoms with Gasteiger partial charge in [-0.1, -0.05) is 29.8 Å². The molecule has 2 heterocycles. The minimum Gasteiger partial charge on any atom is -0.357 e. The lowest BCUT2D eigenvalue weighted by molar-refractivity contribution is 0.531. The summed E-state index contributed by atoms with van der Waals surface area (Å²) in [5.41, 5.74) is 3.35. The van der Waals surface area contributed by atoms with Crippen LogP contribution in [0.4, 0.5) is 0 Å². The zero-order chi connectivity index (χ0) is 20.5. The Morgan fingerprint density at radius 2 is 1.97 bits per heavy atom. The number of pyridine rings is 1. The van der Waals surface area contributed by atoms with E-state index in [4.69, 9.17) is 16.6 Å². The van der Waals surface area contributed by atoms with Gasteiger partial charge in [-0.3, -0.25) is 14.7 Å². The summed E-state index contributed by atoms with van der Waals surface area (Å²) >= 11 is 6.05. The zero-order valence-corrected chi connectivity index (χ0v) is 20.3. The Hall–Kier alpha value is -2.13. The van der Waals surface area contributed by atoms with E-state index >= 15 is 0 Å². The third-order valence-electron chi connectivity index (χ3n) is 4.54. The van der Waals surface area contributed by atoms with E-state index < -0.39 is 0 Å². The van der Waals surface area contributed by atoms with Crippen LogP contribution in [0, 0.1) is 6.92 Å². The van der Waals surface area contributed by atoms with Crippen molar-refractivity contribution in [2.75, 3.05) is 19.6 Å². The first kappa shape index (κ1) is 24.1. The van der Waals surface area contributed by atoms with Gasteiger partial charge in [0.2, 0.25) is 0 Å². The molecule has 0 fully saturated rings. The molecule has 160 valence electrons. The SMILES string of the molecule is CCNC(=NCC(c1ccc(Cl)cc1)n1cccn1)NCCc1ccc(C)nc1.I. The second kappa shape index (κ2) is 12.5. The fraction of sp³-hybridized carbons (Fsp3) is 0.318. The van der Waals surface area contributed by atoms with E-state index in [9.17, 15) is 0 Å². The minimum atomic E-state index is -0.000906. The molecule has 6 nitrogen and oxygen atoms in total. The van der Waals surface area contributed by atoms with Crippen LogP contribution in [0.1, 0.15) is 29.8 Å². The summed E-state index contributed by atoms with van der Waals surface area (Å²) < 4.78 is 1.92. The fourth-order valence-electron chi connectivity index (χ4n) is 2.98. The molecule has 0 saturated carbocycles. The topological polar surface area (TPSA) is 67.1 Å².